The molecule has 0 saturated heterocycles. The van der Waals surface area contributed by atoms with E-state index in [9.17, 15) is 14.0 Å². The van der Waals surface area contributed by atoms with Crippen LogP contribution in [0.4, 0.5) is 10.1 Å². The number of aromatic amines is 1. The summed E-state index contributed by atoms with van der Waals surface area (Å²) in [5.74, 6) is -1.29. The van der Waals surface area contributed by atoms with E-state index in [1.54, 1.807) is 6.07 Å². The van der Waals surface area contributed by atoms with E-state index < -0.39 is 11.7 Å². The summed E-state index contributed by atoms with van der Waals surface area (Å²) in [5.41, 5.74) is 2.50. The molecule has 0 radical (unpaired) electrons. The number of hydrogen-bond donors (Lipinski definition) is 3. The number of nitrogens with one attached hydrogen (secondary N) is 3. The molecular formula is C19H18FN3O2. The molecule has 128 valence electrons. The molecule has 0 fully saturated rings. The van der Waals surface area contributed by atoms with Crippen molar-refractivity contribution in [3.8, 4) is 0 Å². The van der Waals surface area contributed by atoms with E-state index in [2.05, 4.69) is 15.6 Å². The normalized spacial score (nSPS) is 10.6. The van der Waals surface area contributed by atoms with Gasteiger partial charge in [-0.05, 0) is 36.2 Å². The predicted molar refractivity (Wildman–Crippen MR) is 94.7 cm³/mol. The third-order valence-corrected chi connectivity index (χ3v) is 3.82. The van der Waals surface area contributed by atoms with Gasteiger partial charge in [0.2, 0.25) is 11.8 Å². The number of amides is 2. The van der Waals surface area contributed by atoms with Gasteiger partial charge in [0, 0.05) is 29.3 Å². The zero-order chi connectivity index (χ0) is 17.6. The minimum Gasteiger partial charge on any atom is -0.361 e. The molecule has 0 aliphatic carbocycles. The molecule has 1 aromatic heterocycles. The maximum Gasteiger partial charge on any atom is 0.233 e. The van der Waals surface area contributed by atoms with Gasteiger partial charge in [-0.3, -0.25) is 9.59 Å². The Morgan fingerprint density at radius 1 is 1.04 bits per heavy atom. The maximum absolute atomic E-state index is 13.1. The number of carbonyl (C=O) groups is 2. The number of hydrogen-bond acceptors (Lipinski definition) is 2. The summed E-state index contributed by atoms with van der Waals surface area (Å²) in [6, 6.07) is 13.5. The number of H-pyrrole nitrogens is 1. The minimum atomic E-state index is -0.477. The second kappa shape index (κ2) is 7.61. The van der Waals surface area contributed by atoms with Gasteiger partial charge in [0.25, 0.3) is 0 Å². The first-order valence-electron chi connectivity index (χ1n) is 7.99. The van der Waals surface area contributed by atoms with Gasteiger partial charge in [-0.15, -0.1) is 0 Å². The second-order valence-electron chi connectivity index (χ2n) is 5.69. The number of para-hydroxylation sites is 1. The van der Waals surface area contributed by atoms with Crippen LogP contribution in [0, 0.1) is 5.82 Å². The Bertz CT molecular complexity index is 904. The molecule has 25 heavy (non-hydrogen) atoms. The van der Waals surface area contributed by atoms with E-state index >= 15 is 0 Å². The molecule has 0 aliphatic rings. The minimum absolute atomic E-state index is 0.301. The fourth-order valence-corrected chi connectivity index (χ4v) is 2.65. The van der Waals surface area contributed by atoms with Gasteiger partial charge in [-0.25, -0.2) is 4.39 Å². The summed E-state index contributed by atoms with van der Waals surface area (Å²) in [4.78, 5) is 26.8. The zero-order valence-electron chi connectivity index (χ0n) is 13.5. The number of aromatic nitrogens is 1. The molecule has 0 aliphatic heterocycles. The number of halogens is 1. The highest BCUT2D eigenvalue weighted by molar-refractivity contribution is 6.03. The van der Waals surface area contributed by atoms with Gasteiger partial charge in [0.1, 0.15) is 12.2 Å². The summed E-state index contributed by atoms with van der Waals surface area (Å²) < 4.78 is 13.1. The van der Waals surface area contributed by atoms with Crippen LogP contribution in [0.5, 0.6) is 0 Å². The first-order valence-corrected chi connectivity index (χ1v) is 7.99. The van der Waals surface area contributed by atoms with E-state index in [4.69, 9.17) is 0 Å². The molecule has 5 nitrogen and oxygen atoms in total. The Morgan fingerprint density at radius 3 is 2.72 bits per heavy atom. The Balaban J connectivity index is 1.45. The molecule has 0 bridgehead atoms. The Labute approximate surface area is 144 Å². The lowest BCUT2D eigenvalue weighted by Crippen LogP contribution is -2.29. The van der Waals surface area contributed by atoms with Crippen LogP contribution in [-0.2, 0) is 16.0 Å². The van der Waals surface area contributed by atoms with Crippen LogP contribution >= 0.6 is 0 Å². The van der Waals surface area contributed by atoms with Gasteiger partial charge in [0.05, 0.1) is 0 Å². The lowest BCUT2D eigenvalue weighted by molar-refractivity contribution is -0.126. The zero-order valence-corrected chi connectivity index (χ0v) is 13.5. The fraction of sp³-hybridized carbons (Fsp3) is 0.158. The van der Waals surface area contributed by atoms with Crippen LogP contribution in [0.2, 0.25) is 0 Å². The van der Waals surface area contributed by atoms with Crippen LogP contribution in [-0.4, -0.2) is 23.3 Å². The summed E-state index contributed by atoms with van der Waals surface area (Å²) in [7, 11) is 0. The van der Waals surface area contributed by atoms with Crippen LogP contribution in [0.25, 0.3) is 10.9 Å². The number of rotatable bonds is 6. The summed E-state index contributed by atoms with van der Waals surface area (Å²) in [6.07, 6.45) is 2.29. The molecule has 1 heterocycles. The van der Waals surface area contributed by atoms with Crippen molar-refractivity contribution >= 4 is 28.4 Å². The van der Waals surface area contributed by atoms with Gasteiger partial charge < -0.3 is 15.6 Å². The van der Waals surface area contributed by atoms with Crippen LogP contribution in [0.15, 0.2) is 54.7 Å². The van der Waals surface area contributed by atoms with E-state index in [0.29, 0.717) is 18.7 Å². The predicted octanol–water partition coefficient (Wildman–Crippen LogP) is 2.99. The number of fused-ring (bicyclic) bond motifs is 1. The van der Waals surface area contributed by atoms with Gasteiger partial charge >= 0.3 is 0 Å². The maximum atomic E-state index is 13.1. The standard InChI is InChI=1S/C19H18FN3O2/c20-14-4-3-5-15(10-14)23-19(25)11-18(24)21-9-8-13-12-22-17-7-2-1-6-16(13)17/h1-7,10,12,22H,8-9,11H2,(H,21,24)(H,23,25). The molecule has 6 heteroatoms. The Hall–Kier alpha value is -3.15. The number of benzene rings is 2. The highest BCUT2D eigenvalue weighted by Gasteiger charge is 2.10. The largest absolute Gasteiger partial charge is 0.361 e. The summed E-state index contributed by atoms with van der Waals surface area (Å²) in [6.45, 7) is 0.438. The second-order valence-corrected chi connectivity index (χ2v) is 5.69. The van der Waals surface area contributed by atoms with Crippen molar-refractivity contribution < 1.29 is 14.0 Å². The van der Waals surface area contributed by atoms with Crippen molar-refractivity contribution in [1.29, 1.82) is 0 Å². The third-order valence-electron chi connectivity index (χ3n) is 3.82. The molecule has 2 aromatic carbocycles. The highest BCUT2D eigenvalue weighted by atomic mass is 19.1. The molecule has 2 amide bonds. The van der Waals surface area contributed by atoms with E-state index in [-0.39, 0.29) is 12.3 Å². The molecule has 3 N–H and O–H groups in total. The van der Waals surface area contributed by atoms with Crippen molar-refractivity contribution in [2.45, 2.75) is 12.8 Å². The van der Waals surface area contributed by atoms with Crippen molar-refractivity contribution in [3.05, 3.63) is 66.1 Å². The average molecular weight is 339 g/mol. The molecular weight excluding hydrogens is 321 g/mol. The Kier molecular flexibility index (Phi) is 5.09. The van der Waals surface area contributed by atoms with Crippen molar-refractivity contribution in [2.75, 3.05) is 11.9 Å². The fourth-order valence-electron chi connectivity index (χ4n) is 2.65. The monoisotopic (exact) mass is 339 g/mol. The van der Waals surface area contributed by atoms with E-state index in [1.165, 1.54) is 18.2 Å². The van der Waals surface area contributed by atoms with Crippen molar-refractivity contribution in [1.82, 2.24) is 10.3 Å². The average Bonchev–Trinajstić information content (AvgIpc) is 2.98. The topological polar surface area (TPSA) is 74.0 Å². The SMILES string of the molecule is O=C(CC(=O)Nc1cccc(F)c1)NCCc1c[nH]c2ccccc12. The van der Waals surface area contributed by atoms with Crippen LogP contribution in [0.1, 0.15) is 12.0 Å². The van der Waals surface area contributed by atoms with E-state index in [1.807, 2.05) is 30.5 Å². The molecule has 3 rings (SSSR count). The number of anilines is 1. The molecule has 0 saturated carbocycles. The molecule has 3 aromatic rings. The van der Waals surface area contributed by atoms with Crippen LogP contribution < -0.4 is 10.6 Å². The van der Waals surface area contributed by atoms with Gasteiger partial charge in [0.15, 0.2) is 0 Å². The van der Waals surface area contributed by atoms with Crippen molar-refractivity contribution in [3.63, 3.8) is 0 Å². The molecule has 0 unspecified atom stereocenters. The van der Waals surface area contributed by atoms with Gasteiger partial charge in [-0.1, -0.05) is 24.3 Å². The lowest BCUT2D eigenvalue weighted by Gasteiger charge is -2.06. The van der Waals surface area contributed by atoms with E-state index in [0.717, 1.165) is 16.5 Å². The third kappa shape index (κ3) is 4.44. The quantitative estimate of drug-likeness (QED) is 0.604. The highest BCUT2D eigenvalue weighted by Crippen LogP contribution is 2.17. The molecule has 0 spiro atoms. The lowest BCUT2D eigenvalue weighted by atomic mass is 10.1. The molecule has 0 atom stereocenters. The first kappa shape index (κ1) is 16.7. The summed E-state index contributed by atoms with van der Waals surface area (Å²) >= 11 is 0. The summed E-state index contributed by atoms with van der Waals surface area (Å²) in [5, 5.41) is 6.35. The van der Waals surface area contributed by atoms with Crippen molar-refractivity contribution in [2.24, 2.45) is 0 Å². The number of carbonyl (C=O) groups excluding carboxylic acids is 2. The smallest absolute Gasteiger partial charge is 0.233 e. The first-order chi connectivity index (χ1) is 12.1. The van der Waals surface area contributed by atoms with Crippen LogP contribution in [0.3, 0.4) is 0 Å². The Morgan fingerprint density at radius 2 is 1.88 bits per heavy atom. The van der Waals surface area contributed by atoms with Gasteiger partial charge in [-0.2, -0.15) is 0 Å².